The van der Waals surface area contributed by atoms with Crippen molar-refractivity contribution in [2.24, 2.45) is 0 Å². The summed E-state index contributed by atoms with van der Waals surface area (Å²) in [6, 6.07) is 0. The molecule has 0 aromatic carbocycles. The van der Waals surface area contributed by atoms with Crippen molar-refractivity contribution in [3.05, 3.63) is 0 Å². The molecule has 1 heterocycles. The molecular weight excluding hydrogens is 230 g/mol. The lowest BCUT2D eigenvalue weighted by Gasteiger charge is -2.23. The Morgan fingerprint density at radius 3 is 2.29 bits per heavy atom. The van der Waals surface area contributed by atoms with Crippen molar-refractivity contribution in [1.82, 2.24) is 4.90 Å². The Morgan fingerprint density at radius 1 is 1.41 bits per heavy atom. The van der Waals surface area contributed by atoms with E-state index >= 15 is 0 Å². The summed E-state index contributed by atoms with van der Waals surface area (Å²) in [5.74, 6) is -2.81. The van der Waals surface area contributed by atoms with Crippen LogP contribution in [0.3, 0.4) is 0 Å². The van der Waals surface area contributed by atoms with Crippen molar-refractivity contribution in [3.8, 4) is 0 Å². The molecule has 1 unspecified atom stereocenters. The molecule has 7 nitrogen and oxygen atoms in total. The molecule has 1 atom stereocenters. The average Bonchev–Trinajstić information content (AvgIpc) is 2.42. The third kappa shape index (κ3) is 2.55. The first kappa shape index (κ1) is 13.4. The normalized spacial score (nSPS) is 24.9. The Morgan fingerprint density at radius 2 is 1.94 bits per heavy atom. The third-order valence-corrected chi connectivity index (χ3v) is 2.26. The zero-order valence-corrected chi connectivity index (χ0v) is 9.89. The highest BCUT2D eigenvalue weighted by Gasteiger charge is 2.54. The number of hydrogen-bond acceptors (Lipinski definition) is 5. The molecule has 96 valence electrons. The van der Waals surface area contributed by atoms with Crippen LogP contribution in [0.2, 0.25) is 0 Å². The van der Waals surface area contributed by atoms with Gasteiger partial charge >= 0.3 is 12.1 Å². The van der Waals surface area contributed by atoms with Gasteiger partial charge in [0.25, 0.3) is 5.91 Å². The van der Waals surface area contributed by atoms with E-state index in [9.17, 15) is 19.5 Å². The molecule has 0 radical (unpaired) electrons. The quantitative estimate of drug-likeness (QED) is 0.628. The number of carboxylic acids is 1. The van der Waals surface area contributed by atoms with Crippen LogP contribution in [-0.2, 0) is 14.3 Å². The maximum atomic E-state index is 11.6. The minimum Gasteiger partial charge on any atom is -0.479 e. The topological polar surface area (TPSA) is 104 Å². The minimum absolute atomic E-state index is 0.170. The fourth-order valence-corrected chi connectivity index (χ4v) is 1.39. The largest absolute Gasteiger partial charge is 0.479 e. The molecule has 0 bridgehead atoms. The maximum absolute atomic E-state index is 11.6. The first-order valence-electron chi connectivity index (χ1n) is 5.08. The lowest BCUT2D eigenvalue weighted by atomic mass is 10.0. The number of nitrogens with zero attached hydrogens (tertiary/aromatic N) is 1. The first-order valence-corrected chi connectivity index (χ1v) is 5.08. The van der Waals surface area contributed by atoms with Gasteiger partial charge in [-0.1, -0.05) is 0 Å². The number of rotatable bonds is 1. The van der Waals surface area contributed by atoms with Crippen molar-refractivity contribution in [3.63, 3.8) is 0 Å². The van der Waals surface area contributed by atoms with Gasteiger partial charge in [-0.05, 0) is 20.8 Å². The van der Waals surface area contributed by atoms with Crippen LogP contribution in [0.1, 0.15) is 27.2 Å². The van der Waals surface area contributed by atoms with E-state index in [2.05, 4.69) is 0 Å². The standard InChI is InChI=1S/C10H15NO6/c1-9(2,3)17-8(15)11-5-4-10(16,6(11)12)7(13)14/h16H,4-5H2,1-3H3,(H,13,14). The van der Waals surface area contributed by atoms with Crippen LogP contribution in [0.5, 0.6) is 0 Å². The highest BCUT2D eigenvalue weighted by atomic mass is 16.6. The van der Waals surface area contributed by atoms with Gasteiger partial charge in [0.2, 0.25) is 5.60 Å². The summed E-state index contributed by atoms with van der Waals surface area (Å²) >= 11 is 0. The zero-order valence-electron chi connectivity index (χ0n) is 9.89. The van der Waals surface area contributed by atoms with E-state index in [0.29, 0.717) is 4.90 Å². The lowest BCUT2D eigenvalue weighted by Crippen LogP contribution is -2.48. The Labute approximate surface area is 98.0 Å². The minimum atomic E-state index is -2.52. The Kier molecular flexibility index (Phi) is 3.15. The van der Waals surface area contributed by atoms with Gasteiger partial charge in [0.15, 0.2) is 0 Å². The number of aliphatic carboxylic acids is 1. The number of aliphatic hydroxyl groups is 1. The van der Waals surface area contributed by atoms with Gasteiger partial charge in [0.1, 0.15) is 5.60 Å². The Hall–Kier alpha value is -1.63. The highest BCUT2D eigenvalue weighted by Crippen LogP contribution is 2.25. The van der Waals surface area contributed by atoms with Gasteiger partial charge in [0, 0.05) is 13.0 Å². The zero-order chi connectivity index (χ0) is 13.4. The summed E-state index contributed by atoms with van der Waals surface area (Å²) < 4.78 is 4.93. The molecule has 1 rings (SSSR count). The maximum Gasteiger partial charge on any atom is 0.417 e. The van der Waals surface area contributed by atoms with Gasteiger partial charge in [-0.2, -0.15) is 0 Å². The molecule has 2 N–H and O–H groups in total. The van der Waals surface area contributed by atoms with Crippen molar-refractivity contribution < 1.29 is 29.3 Å². The van der Waals surface area contributed by atoms with Crippen molar-refractivity contribution in [2.75, 3.05) is 6.54 Å². The predicted molar refractivity (Wildman–Crippen MR) is 55.1 cm³/mol. The molecule has 1 aliphatic heterocycles. The van der Waals surface area contributed by atoms with Crippen LogP contribution in [0.4, 0.5) is 4.79 Å². The summed E-state index contributed by atoms with van der Waals surface area (Å²) in [4.78, 5) is 34.5. The van der Waals surface area contributed by atoms with E-state index in [4.69, 9.17) is 9.84 Å². The summed E-state index contributed by atoms with van der Waals surface area (Å²) in [7, 11) is 0. The number of carboxylic acid groups (broad SMARTS) is 1. The highest BCUT2D eigenvalue weighted by molar-refractivity contribution is 6.11. The summed E-state index contributed by atoms with van der Waals surface area (Å²) in [5.41, 5.74) is -3.31. The summed E-state index contributed by atoms with van der Waals surface area (Å²) in [5, 5.41) is 18.3. The molecule has 0 aromatic heterocycles. The van der Waals surface area contributed by atoms with E-state index in [0.717, 1.165) is 0 Å². The monoisotopic (exact) mass is 245 g/mol. The molecule has 2 amide bonds. The number of hydrogen-bond donors (Lipinski definition) is 2. The van der Waals surface area contributed by atoms with Crippen LogP contribution < -0.4 is 0 Å². The van der Waals surface area contributed by atoms with Crippen molar-refractivity contribution in [1.29, 1.82) is 0 Å². The van der Waals surface area contributed by atoms with Gasteiger partial charge in [-0.3, -0.25) is 4.79 Å². The average molecular weight is 245 g/mol. The molecule has 1 saturated heterocycles. The third-order valence-electron chi connectivity index (χ3n) is 2.26. The van der Waals surface area contributed by atoms with Crippen LogP contribution in [-0.4, -0.2) is 50.8 Å². The van der Waals surface area contributed by atoms with E-state index in [-0.39, 0.29) is 13.0 Å². The number of likely N-dealkylation sites (tertiary alicyclic amines) is 1. The number of carbonyl (C=O) groups is 3. The van der Waals surface area contributed by atoms with Crippen LogP contribution in [0.25, 0.3) is 0 Å². The van der Waals surface area contributed by atoms with E-state index in [1.807, 2.05) is 0 Å². The molecule has 0 aromatic rings. The molecule has 17 heavy (non-hydrogen) atoms. The van der Waals surface area contributed by atoms with Crippen LogP contribution in [0, 0.1) is 0 Å². The van der Waals surface area contributed by atoms with Crippen molar-refractivity contribution in [2.45, 2.75) is 38.4 Å². The molecule has 1 fully saturated rings. The van der Waals surface area contributed by atoms with Crippen LogP contribution >= 0.6 is 0 Å². The predicted octanol–water partition coefficient (Wildman–Crippen LogP) is -0.0305. The second-order valence-electron chi connectivity index (χ2n) is 4.85. The Balaban J connectivity index is 2.81. The number of amides is 2. The van der Waals surface area contributed by atoms with E-state index < -0.39 is 29.2 Å². The SMILES string of the molecule is CC(C)(C)OC(=O)N1CCC(O)(C(=O)O)C1=O. The summed E-state index contributed by atoms with van der Waals surface area (Å²) in [6.45, 7) is 4.69. The fourth-order valence-electron chi connectivity index (χ4n) is 1.39. The van der Waals surface area contributed by atoms with Crippen LogP contribution in [0.15, 0.2) is 0 Å². The molecular formula is C10H15NO6. The molecule has 7 heteroatoms. The number of imide groups is 1. The molecule has 1 aliphatic rings. The van der Waals surface area contributed by atoms with E-state index in [1.165, 1.54) is 0 Å². The van der Waals surface area contributed by atoms with Gasteiger partial charge in [0.05, 0.1) is 0 Å². The summed E-state index contributed by atoms with van der Waals surface area (Å²) in [6.07, 6.45) is -1.28. The second kappa shape index (κ2) is 3.99. The number of carbonyl (C=O) groups excluding carboxylic acids is 2. The lowest BCUT2D eigenvalue weighted by molar-refractivity contribution is -0.165. The van der Waals surface area contributed by atoms with Gasteiger partial charge < -0.3 is 14.9 Å². The molecule has 0 spiro atoms. The number of ether oxygens (including phenoxy) is 1. The Bertz CT molecular complexity index is 371. The fraction of sp³-hybridized carbons (Fsp3) is 0.700. The van der Waals surface area contributed by atoms with E-state index in [1.54, 1.807) is 20.8 Å². The molecule has 0 saturated carbocycles. The van der Waals surface area contributed by atoms with Gasteiger partial charge in [-0.15, -0.1) is 0 Å². The van der Waals surface area contributed by atoms with Crippen molar-refractivity contribution >= 4 is 18.0 Å². The first-order chi connectivity index (χ1) is 7.58. The smallest absolute Gasteiger partial charge is 0.417 e. The molecule has 0 aliphatic carbocycles. The second-order valence-corrected chi connectivity index (χ2v) is 4.85. The van der Waals surface area contributed by atoms with Gasteiger partial charge in [-0.25, -0.2) is 14.5 Å².